The van der Waals surface area contributed by atoms with Gasteiger partial charge in [-0.15, -0.1) is 0 Å². The molecule has 3 nitrogen and oxygen atoms in total. The van der Waals surface area contributed by atoms with Crippen molar-refractivity contribution in [1.29, 1.82) is 0 Å². The van der Waals surface area contributed by atoms with Crippen LogP contribution in [0.2, 0.25) is 5.02 Å². The Bertz CT molecular complexity index is 402. The summed E-state index contributed by atoms with van der Waals surface area (Å²) in [6.07, 6.45) is 0.925. The lowest BCUT2D eigenvalue weighted by Gasteiger charge is -2.17. The van der Waals surface area contributed by atoms with Gasteiger partial charge >= 0.3 is 0 Å². The van der Waals surface area contributed by atoms with Crippen molar-refractivity contribution in [2.45, 2.75) is 19.4 Å². The second kappa shape index (κ2) is 5.52. The van der Waals surface area contributed by atoms with Crippen LogP contribution < -0.4 is 10.6 Å². The van der Waals surface area contributed by atoms with Gasteiger partial charge in [0.2, 0.25) is 5.91 Å². The number of benzene rings is 1. The van der Waals surface area contributed by atoms with Gasteiger partial charge in [-0.1, -0.05) is 23.7 Å². The monoisotopic (exact) mass is 252 g/mol. The average Bonchev–Trinajstić information content (AvgIpc) is 2.82. The summed E-state index contributed by atoms with van der Waals surface area (Å²) in [4.78, 5) is 11.9. The molecule has 0 bridgehead atoms. The Balaban J connectivity index is 1.96. The summed E-state index contributed by atoms with van der Waals surface area (Å²) in [5.74, 6) is 0.235. The van der Waals surface area contributed by atoms with Crippen LogP contribution >= 0.6 is 11.6 Å². The largest absolute Gasteiger partial charge is 0.349 e. The van der Waals surface area contributed by atoms with Crippen molar-refractivity contribution in [2.24, 2.45) is 5.92 Å². The molecule has 0 radical (unpaired) electrons. The van der Waals surface area contributed by atoms with Crippen LogP contribution in [0.5, 0.6) is 0 Å². The molecule has 2 atom stereocenters. The third-order valence-electron chi connectivity index (χ3n) is 3.14. The predicted octanol–water partition coefficient (Wildman–Crippen LogP) is 2.13. The molecule has 0 spiro atoms. The van der Waals surface area contributed by atoms with E-state index in [9.17, 15) is 4.79 Å². The van der Waals surface area contributed by atoms with Gasteiger partial charge in [-0.05, 0) is 37.6 Å². The highest BCUT2D eigenvalue weighted by molar-refractivity contribution is 6.30. The van der Waals surface area contributed by atoms with E-state index >= 15 is 0 Å². The van der Waals surface area contributed by atoms with Crippen LogP contribution in [-0.4, -0.2) is 19.0 Å². The van der Waals surface area contributed by atoms with Crippen molar-refractivity contribution in [3.05, 3.63) is 34.9 Å². The van der Waals surface area contributed by atoms with Crippen LogP contribution in [0.4, 0.5) is 0 Å². The molecule has 1 amide bonds. The fourth-order valence-corrected chi connectivity index (χ4v) is 2.27. The van der Waals surface area contributed by atoms with Crippen molar-refractivity contribution in [3.63, 3.8) is 0 Å². The fraction of sp³-hybridized carbons (Fsp3) is 0.462. The Morgan fingerprint density at radius 2 is 2.41 bits per heavy atom. The predicted molar refractivity (Wildman–Crippen MR) is 69.0 cm³/mol. The standard InChI is InChI=1S/C13H17ClN2O/c1-9(10-3-2-4-12(14)7-10)16-13(17)11-5-6-15-8-11/h2-4,7,9,11,15H,5-6,8H2,1H3,(H,16,17)/t9-,11?/m0/s1. The van der Waals surface area contributed by atoms with Gasteiger partial charge < -0.3 is 10.6 Å². The van der Waals surface area contributed by atoms with Gasteiger partial charge in [0.15, 0.2) is 0 Å². The molecule has 92 valence electrons. The topological polar surface area (TPSA) is 41.1 Å². The number of rotatable bonds is 3. The number of hydrogen-bond acceptors (Lipinski definition) is 2. The number of halogens is 1. The molecule has 0 aliphatic carbocycles. The first-order valence-electron chi connectivity index (χ1n) is 5.93. The summed E-state index contributed by atoms with van der Waals surface area (Å²) < 4.78 is 0. The lowest BCUT2D eigenvalue weighted by molar-refractivity contribution is -0.125. The Hall–Kier alpha value is -1.06. The minimum Gasteiger partial charge on any atom is -0.349 e. The molecule has 1 unspecified atom stereocenters. The SMILES string of the molecule is C[C@H](NC(=O)C1CCNC1)c1cccc(Cl)c1. The molecular formula is C13H17ClN2O. The van der Waals surface area contributed by atoms with Crippen molar-refractivity contribution in [2.75, 3.05) is 13.1 Å². The van der Waals surface area contributed by atoms with Crippen molar-refractivity contribution >= 4 is 17.5 Å². The lowest BCUT2D eigenvalue weighted by atomic mass is 10.1. The maximum Gasteiger partial charge on any atom is 0.224 e. The molecule has 1 aliphatic heterocycles. The zero-order valence-electron chi connectivity index (χ0n) is 9.87. The van der Waals surface area contributed by atoms with E-state index in [4.69, 9.17) is 11.6 Å². The van der Waals surface area contributed by atoms with Crippen LogP contribution in [0.3, 0.4) is 0 Å². The van der Waals surface area contributed by atoms with Gasteiger partial charge in [-0.3, -0.25) is 4.79 Å². The average molecular weight is 253 g/mol. The Kier molecular flexibility index (Phi) is 4.02. The number of carbonyl (C=O) groups excluding carboxylic acids is 1. The van der Waals surface area contributed by atoms with Crippen molar-refractivity contribution in [3.8, 4) is 0 Å². The van der Waals surface area contributed by atoms with Crippen LogP contribution in [0.15, 0.2) is 24.3 Å². The first kappa shape index (κ1) is 12.4. The molecule has 4 heteroatoms. The van der Waals surface area contributed by atoms with E-state index in [1.54, 1.807) is 0 Å². The molecule has 2 rings (SSSR count). The van der Waals surface area contributed by atoms with Crippen molar-refractivity contribution in [1.82, 2.24) is 10.6 Å². The summed E-state index contributed by atoms with van der Waals surface area (Å²) in [7, 11) is 0. The maximum absolute atomic E-state index is 11.9. The molecule has 1 saturated heterocycles. The molecular weight excluding hydrogens is 236 g/mol. The van der Waals surface area contributed by atoms with E-state index in [1.165, 1.54) is 0 Å². The van der Waals surface area contributed by atoms with Gasteiger partial charge in [0, 0.05) is 11.6 Å². The van der Waals surface area contributed by atoms with Crippen LogP contribution in [0, 0.1) is 5.92 Å². The quantitative estimate of drug-likeness (QED) is 0.865. The zero-order chi connectivity index (χ0) is 12.3. The highest BCUT2D eigenvalue weighted by atomic mass is 35.5. The minimum atomic E-state index is 0.00167. The van der Waals surface area contributed by atoms with Crippen molar-refractivity contribution < 1.29 is 4.79 Å². The molecule has 1 fully saturated rings. The minimum absolute atomic E-state index is 0.00167. The molecule has 17 heavy (non-hydrogen) atoms. The first-order valence-corrected chi connectivity index (χ1v) is 6.31. The number of nitrogens with one attached hydrogen (secondary N) is 2. The molecule has 2 N–H and O–H groups in total. The van der Waals surface area contributed by atoms with E-state index in [2.05, 4.69) is 10.6 Å². The zero-order valence-corrected chi connectivity index (χ0v) is 10.6. The molecule has 0 saturated carbocycles. The summed E-state index contributed by atoms with van der Waals surface area (Å²) in [6.45, 7) is 3.70. The molecule has 0 aromatic heterocycles. The molecule has 1 aliphatic rings. The molecule has 1 aromatic rings. The van der Waals surface area contributed by atoms with Crippen LogP contribution in [0.1, 0.15) is 24.9 Å². The summed E-state index contributed by atoms with van der Waals surface area (Å²) >= 11 is 5.93. The fourth-order valence-electron chi connectivity index (χ4n) is 2.07. The Morgan fingerprint density at radius 3 is 3.06 bits per heavy atom. The number of hydrogen-bond donors (Lipinski definition) is 2. The normalized spacial score (nSPS) is 21.2. The third-order valence-corrected chi connectivity index (χ3v) is 3.37. The van der Waals surface area contributed by atoms with E-state index < -0.39 is 0 Å². The molecule has 1 aromatic carbocycles. The smallest absolute Gasteiger partial charge is 0.224 e. The summed E-state index contributed by atoms with van der Waals surface area (Å²) in [6, 6.07) is 7.60. The maximum atomic E-state index is 11.9. The lowest BCUT2D eigenvalue weighted by Crippen LogP contribution is -2.33. The highest BCUT2D eigenvalue weighted by Gasteiger charge is 2.23. The number of amides is 1. The van der Waals surface area contributed by atoms with Gasteiger partial charge in [-0.25, -0.2) is 0 Å². The second-order valence-corrected chi connectivity index (χ2v) is 4.91. The van der Waals surface area contributed by atoms with E-state index in [1.807, 2.05) is 31.2 Å². The Morgan fingerprint density at radius 1 is 1.59 bits per heavy atom. The highest BCUT2D eigenvalue weighted by Crippen LogP contribution is 2.18. The van der Waals surface area contributed by atoms with Crippen LogP contribution in [0.25, 0.3) is 0 Å². The second-order valence-electron chi connectivity index (χ2n) is 4.48. The van der Waals surface area contributed by atoms with Gasteiger partial charge in [0.25, 0.3) is 0 Å². The Labute approximate surface area is 107 Å². The van der Waals surface area contributed by atoms with Gasteiger partial charge in [0.1, 0.15) is 0 Å². The van der Waals surface area contributed by atoms with Gasteiger partial charge in [-0.2, -0.15) is 0 Å². The number of carbonyl (C=O) groups is 1. The van der Waals surface area contributed by atoms with Crippen LogP contribution in [-0.2, 0) is 4.79 Å². The van der Waals surface area contributed by atoms with E-state index in [0.717, 1.165) is 25.1 Å². The first-order chi connectivity index (χ1) is 8.16. The third kappa shape index (κ3) is 3.20. The van der Waals surface area contributed by atoms with E-state index in [0.29, 0.717) is 5.02 Å². The summed E-state index contributed by atoms with van der Waals surface area (Å²) in [5, 5.41) is 6.92. The van der Waals surface area contributed by atoms with E-state index in [-0.39, 0.29) is 17.9 Å². The molecule has 1 heterocycles. The van der Waals surface area contributed by atoms with Gasteiger partial charge in [0.05, 0.1) is 12.0 Å². The summed E-state index contributed by atoms with van der Waals surface area (Å²) in [5.41, 5.74) is 1.04.